The van der Waals surface area contributed by atoms with Crippen molar-refractivity contribution in [3.8, 4) is 0 Å². The van der Waals surface area contributed by atoms with Gasteiger partial charge in [-0.2, -0.15) is 0 Å². The molecule has 1 aliphatic carbocycles. The minimum absolute atomic E-state index is 0.0433. The molecule has 0 aromatic heterocycles. The molecule has 148 valence electrons. The highest BCUT2D eigenvalue weighted by Crippen LogP contribution is 2.28. The van der Waals surface area contributed by atoms with Gasteiger partial charge in [0, 0.05) is 25.5 Å². The van der Waals surface area contributed by atoms with Crippen LogP contribution >= 0.6 is 0 Å². The first-order valence-electron chi connectivity index (χ1n) is 9.22. The lowest BCUT2D eigenvalue weighted by atomic mass is 9.86. The van der Waals surface area contributed by atoms with E-state index in [2.05, 4.69) is 5.32 Å². The Kier molecular flexibility index (Phi) is 8.57. The maximum atomic E-state index is 11.8. The summed E-state index contributed by atoms with van der Waals surface area (Å²) < 4.78 is 6.13. The van der Waals surface area contributed by atoms with Crippen LogP contribution in [-0.4, -0.2) is 58.7 Å². The lowest BCUT2D eigenvalue weighted by molar-refractivity contribution is -0.133. The highest BCUT2D eigenvalue weighted by molar-refractivity contribution is 5.87. The summed E-state index contributed by atoms with van der Waals surface area (Å²) in [4.78, 5) is 25.1. The molecular formula is C18H32N4O4. The van der Waals surface area contributed by atoms with E-state index in [1.807, 2.05) is 20.8 Å². The lowest BCUT2D eigenvalue weighted by Crippen LogP contribution is -2.61. The maximum absolute atomic E-state index is 11.8. The zero-order chi connectivity index (χ0) is 19.9. The van der Waals surface area contributed by atoms with Crippen LogP contribution in [0.4, 0.5) is 0 Å². The average Bonchev–Trinajstić information content (AvgIpc) is 2.57. The molecule has 8 nitrogen and oxygen atoms in total. The molecule has 8 heteroatoms. The molecule has 0 bridgehead atoms. The fourth-order valence-electron chi connectivity index (χ4n) is 3.35. The van der Waals surface area contributed by atoms with Gasteiger partial charge >= 0.3 is 5.97 Å². The summed E-state index contributed by atoms with van der Waals surface area (Å²) in [7, 11) is 0. The second kappa shape index (κ2) is 10.2. The van der Waals surface area contributed by atoms with Crippen LogP contribution in [0.3, 0.4) is 0 Å². The Hall–Kier alpha value is -2.09. The highest BCUT2D eigenvalue weighted by Gasteiger charge is 2.40. The number of rotatable bonds is 9. The van der Waals surface area contributed by atoms with Crippen molar-refractivity contribution < 1.29 is 19.4 Å². The van der Waals surface area contributed by atoms with Gasteiger partial charge in [0.2, 0.25) is 5.91 Å². The number of guanidine groups is 1. The summed E-state index contributed by atoms with van der Waals surface area (Å²) in [6.07, 6.45) is 3.45. The van der Waals surface area contributed by atoms with Crippen LogP contribution in [0, 0.1) is 5.41 Å². The Morgan fingerprint density at radius 3 is 2.46 bits per heavy atom. The number of nitrogens with one attached hydrogen (secondary N) is 2. The smallest absolute Gasteiger partial charge is 0.331 e. The van der Waals surface area contributed by atoms with Gasteiger partial charge in [0.05, 0.1) is 24.3 Å². The monoisotopic (exact) mass is 368 g/mol. The summed E-state index contributed by atoms with van der Waals surface area (Å²) >= 11 is 0. The van der Waals surface area contributed by atoms with Gasteiger partial charge in [-0.3, -0.25) is 10.2 Å². The van der Waals surface area contributed by atoms with Crippen LogP contribution in [0.15, 0.2) is 11.6 Å². The van der Waals surface area contributed by atoms with E-state index >= 15 is 0 Å². The molecule has 0 aromatic rings. The predicted molar refractivity (Wildman–Crippen MR) is 99.9 cm³/mol. The molecule has 3 atom stereocenters. The van der Waals surface area contributed by atoms with E-state index in [0.717, 1.165) is 19.3 Å². The molecular weight excluding hydrogens is 336 g/mol. The Morgan fingerprint density at radius 1 is 1.42 bits per heavy atom. The number of amides is 1. The summed E-state index contributed by atoms with van der Waals surface area (Å²) in [5, 5.41) is 20.3. The number of nitrogens with zero attached hydrogens (tertiary/aromatic N) is 1. The second-order valence-corrected chi connectivity index (χ2v) is 6.61. The summed E-state index contributed by atoms with van der Waals surface area (Å²) in [6.45, 7) is 7.88. The standard InChI is InChI=1S/C18H32N4O4/c1-5-8-22(18(19)20)14-9-12(17(24)25)10-15(16(14)21-11(4)23)26-13(6-2)7-3/h10,13-16H,5-9H2,1-4H3,(H3,19,20)(H,21,23)(H,24,25)/t14-,15+,16+/m0/s1. The number of hydrogen-bond acceptors (Lipinski definition) is 4. The van der Waals surface area contributed by atoms with Gasteiger partial charge in [-0.25, -0.2) is 4.79 Å². The van der Waals surface area contributed by atoms with Crippen molar-refractivity contribution >= 4 is 17.8 Å². The van der Waals surface area contributed by atoms with E-state index in [-0.39, 0.29) is 30.0 Å². The van der Waals surface area contributed by atoms with E-state index in [1.165, 1.54) is 6.92 Å². The van der Waals surface area contributed by atoms with E-state index < -0.39 is 24.2 Å². The summed E-state index contributed by atoms with van der Waals surface area (Å²) in [5.74, 6) is -1.39. The number of ether oxygens (including phenoxy) is 1. The quantitative estimate of drug-likeness (QED) is 0.360. The molecule has 26 heavy (non-hydrogen) atoms. The molecule has 0 saturated carbocycles. The van der Waals surface area contributed by atoms with E-state index in [1.54, 1.807) is 11.0 Å². The van der Waals surface area contributed by atoms with Crippen molar-refractivity contribution in [3.63, 3.8) is 0 Å². The third-order valence-electron chi connectivity index (χ3n) is 4.64. The molecule has 1 rings (SSSR count). The van der Waals surface area contributed by atoms with Crippen molar-refractivity contribution in [2.45, 2.75) is 77.7 Å². The van der Waals surface area contributed by atoms with Crippen LogP contribution in [0.2, 0.25) is 0 Å². The van der Waals surface area contributed by atoms with Gasteiger partial charge in [-0.15, -0.1) is 0 Å². The molecule has 0 aromatic carbocycles. The zero-order valence-electron chi connectivity index (χ0n) is 16.1. The van der Waals surface area contributed by atoms with Crippen molar-refractivity contribution in [1.82, 2.24) is 10.2 Å². The minimum Gasteiger partial charge on any atom is -0.478 e. The van der Waals surface area contributed by atoms with Crippen molar-refractivity contribution in [3.05, 3.63) is 11.6 Å². The van der Waals surface area contributed by atoms with Crippen LogP contribution in [0.25, 0.3) is 0 Å². The SMILES string of the molecule is CCCN(C(=N)N)[C@H]1CC(C(=O)O)=C[C@@H](OC(CC)CC)[C@@H]1NC(C)=O. The Balaban J connectivity index is 3.31. The van der Waals surface area contributed by atoms with E-state index in [0.29, 0.717) is 6.54 Å². The van der Waals surface area contributed by atoms with Crippen LogP contribution in [0.5, 0.6) is 0 Å². The van der Waals surface area contributed by atoms with Crippen molar-refractivity contribution in [1.29, 1.82) is 5.41 Å². The van der Waals surface area contributed by atoms with Gasteiger partial charge < -0.3 is 25.8 Å². The molecule has 0 heterocycles. The van der Waals surface area contributed by atoms with Gasteiger partial charge in [-0.1, -0.05) is 20.8 Å². The fourth-order valence-corrected chi connectivity index (χ4v) is 3.35. The Bertz CT molecular complexity index is 545. The van der Waals surface area contributed by atoms with Gasteiger partial charge in [-0.05, 0) is 25.3 Å². The molecule has 0 aliphatic heterocycles. The molecule has 0 spiro atoms. The number of nitrogens with two attached hydrogens (primary N) is 1. The normalized spacial score (nSPS) is 22.7. The largest absolute Gasteiger partial charge is 0.478 e. The fraction of sp³-hybridized carbons (Fsp3) is 0.722. The maximum Gasteiger partial charge on any atom is 0.331 e. The minimum atomic E-state index is -1.02. The predicted octanol–water partition coefficient (Wildman–Crippen LogP) is 1.45. The number of carbonyl (C=O) groups excluding carboxylic acids is 1. The van der Waals surface area contributed by atoms with Crippen molar-refractivity contribution in [2.75, 3.05) is 6.54 Å². The Morgan fingerprint density at radius 2 is 2.04 bits per heavy atom. The third-order valence-corrected chi connectivity index (χ3v) is 4.64. The molecule has 5 N–H and O–H groups in total. The number of aliphatic carboxylic acids is 1. The number of hydrogen-bond donors (Lipinski definition) is 4. The molecule has 0 fully saturated rings. The van der Waals surface area contributed by atoms with Gasteiger partial charge in [0.1, 0.15) is 0 Å². The summed E-state index contributed by atoms with van der Waals surface area (Å²) in [6, 6.07) is -0.932. The first-order valence-corrected chi connectivity index (χ1v) is 9.22. The second-order valence-electron chi connectivity index (χ2n) is 6.61. The number of carboxylic acids is 1. The molecule has 0 saturated heterocycles. The molecule has 1 aliphatic rings. The number of carbonyl (C=O) groups is 2. The van der Waals surface area contributed by atoms with Crippen molar-refractivity contribution in [2.24, 2.45) is 5.73 Å². The third kappa shape index (κ3) is 5.72. The first-order chi connectivity index (χ1) is 12.2. The zero-order valence-corrected chi connectivity index (χ0v) is 16.1. The van der Waals surface area contributed by atoms with E-state index in [4.69, 9.17) is 15.9 Å². The van der Waals surface area contributed by atoms with E-state index in [9.17, 15) is 14.7 Å². The van der Waals surface area contributed by atoms with Crippen LogP contribution < -0.4 is 11.1 Å². The van der Waals surface area contributed by atoms with Gasteiger partial charge in [0.25, 0.3) is 0 Å². The highest BCUT2D eigenvalue weighted by atomic mass is 16.5. The van der Waals surface area contributed by atoms with Crippen LogP contribution in [-0.2, 0) is 14.3 Å². The topological polar surface area (TPSA) is 129 Å². The summed E-state index contributed by atoms with van der Waals surface area (Å²) in [5.41, 5.74) is 5.97. The molecule has 0 unspecified atom stereocenters. The first kappa shape index (κ1) is 22.0. The van der Waals surface area contributed by atoms with Gasteiger partial charge in [0.15, 0.2) is 5.96 Å². The molecule has 1 amide bonds. The number of carboxylic acid groups (broad SMARTS) is 1. The van der Waals surface area contributed by atoms with Crippen LogP contribution in [0.1, 0.15) is 53.4 Å². The molecule has 0 radical (unpaired) electrons. The average molecular weight is 368 g/mol. The lowest BCUT2D eigenvalue weighted by Gasteiger charge is -2.43. The Labute approximate surface area is 155 Å².